The first-order valence-electron chi connectivity index (χ1n) is 8.39. The van der Waals surface area contributed by atoms with Crippen molar-refractivity contribution in [2.75, 3.05) is 26.3 Å². The number of carbonyl (C=O) groups excluding carboxylic acids is 1. The van der Waals surface area contributed by atoms with Crippen LogP contribution in [0, 0.1) is 0 Å². The number of fused-ring (bicyclic) bond motifs is 1. The lowest BCUT2D eigenvalue weighted by atomic mass is 10.1. The highest BCUT2D eigenvalue weighted by molar-refractivity contribution is 5.76. The van der Waals surface area contributed by atoms with E-state index in [0.29, 0.717) is 25.5 Å². The molecule has 2 fully saturated rings. The number of amides is 1. The molecule has 0 spiro atoms. The second kappa shape index (κ2) is 7.86. The van der Waals surface area contributed by atoms with Gasteiger partial charge in [-0.2, -0.15) is 0 Å². The molecule has 0 radical (unpaired) electrons. The molecule has 0 saturated carbocycles. The van der Waals surface area contributed by atoms with Gasteiger partial charge in [0.05, 0.1) is 12.7 Å². The molecule has 6 nitrogen and oxygen atoms in total. The zero-order valence-electron chi connectivity index (χ0n) is 13.4. The molecule has 2 aliphatic rings. The molecule has 3 heterocycles. The van der Waals surface area contributed by atoms with Gasteiger partial charge in [0.2, 0.25) is 5.91 Å². The van der Waals surface area contributed by atoms with Crippen molar-refractivity contribution < 1.29 is 14.6 Å². The van der Waals surface area contributed by atoms with Gasteiger partial charge in [-0.25, -0.2) is 0 Å². The molecular weight excluding hydrogens is 294 g/mol. The van der Waals surface area contributed by atoms with Crippen LogP contribution in [0.4, 0.5) is 0 Å². The molecule has 3 rings (SSSR count). The molecule has 1 amide bonds. The largest absolute Gasteiger partial charge is 0.396 e. The predicted molar refractivity (Wildman–Crippen MR) is 85.9 cm³/mol. The van der Waals surface area contributed by atoms with Gasteiger partial charge in [-0.15, -0.1) is 0 Å². The van der Waals surface area contributed by atoms with Crippen LogP contribution in [0.25, 0.3) is 0 Å². The lowest BCUT2D eigenvalue weighted by Gasteiger charge is -2.34. The summed E-state index contributed by atoms with van der Waals surface area (Å²) in [6, 6.07) is 4.50. The van der Waals surface area contributed by atoms with Gasteiger partial charge >= 0.3 is 0 Å². The molecule has 1 aromatic rings. The van der Waals surface area contributed by atoms with Gasteiger partial charge in [0.1, 0.15) is 0 Å². The smallest absolute Gasteiger partial charge is 0.220 e. The lowest BCUT2D eigenvalue weighted by Crippen LogP contribution is -2.46. The fourth-order valence-electron chi connectivity index (χ4n) is 3.47. The van der Waals surface area contributed by atoms with Crippen molar-refractivity contribution in [3.63, 3.8) is 0 Å². The van der Waals surface area contributed by atoms with E-state index in [4.69, 9.17) is 9.84 Å². The molecule has 2 aliphatic heterocycles. The van der Waals surface area contributed by atoms with Crippen LogP contribution in [0.2, 0.25) is 0 Å². The Hall–Kier alpha value is -1.50. The second-order valence-electron chi connectivity index (χ2n) is 6.43. The lowest BCUT2D eigenvalue weighted by molar-refractivity contribution is -0.121. The van der Waals surface area contributed by atoms with Crippen molar-refractivity contribution in [2.45, 2.75) is 43.9 Å². The number of carbonyl (C=O) groups is 1. The summed E-state index contributed by atoms with van der Waals surface area (Å²) in [5, 5.41) is 12.2. The Morgan fingerprint density at radius 3 is 3.00 bits per heavy atom. The average molecular weight is 319 g/mol. The van der Waals surface area contributed by atoms with Crippen LogP contribution in [0.5, 0.6) is 0 Å². The normalized spacial score (nSPS) is 27.6. The number of hydrogen-bond acceptors (Lipinski definition) is 5. The number of rotatable bonds is 6. The summed E-state index contributed by atoms with van der Waals surface area (Å²) in [6.45, 7) is 2.61. The van der Waals surface area contributed by atoms with Crippen molar-refractivity contribution >= 4 is 5.91 Å². The molecule has 126 valence electrons. The van der Waals surface area contributed by atoms with Crippen molar-refractivity contribution in [3.8, 4) is 0 Å². The number of ether oxygens (including phenoxy) is 1. The summed E-state index contributed by atoms with van der Waals surface area (Å²) < 4.78 is 5.77. The number of nitrogens with zero attached hydrogens (tertiary/aromatic N) is 2. The Labute approximate surface area is 136 Å². The first-order chi connectivity index (χ1) is 11.2. The van der Waals surface area contributed by atoms with Gasteiger partial charge < -0.3 is 15.2 Å². The number of pyridine rings is 1. The van der Waals surface area contributed by atoms with E-state index in [-0.39, 0.29) is 24.7 Å². The molecule has 0 bridgehead atoms. The van der Waals surface area contributed by atoms with E-state index in [2.05, 4.69) is 15.2 Å². The van der Waals surface area contributed by atoms with E-state index in [1.807, 2.05) is 12.1 Å². The Morgan fingerprint density at radius 1 is 1.39 bits per heavy atom. The van der Waals surface area contributed by atoms with E-state index < -0.39 is 0 Å². The molecule has 0 aromatic carbocycles. The number of aromatic nitrogens is 1. The van der Waals surface area contributed by atoms with E-state index in [1.54, 1.807) is 12.4 Å². The second-order valence-corrected chi connectivity index (χ2v) is 6.43. The number of aliphatic hydroxyl groups is 1. The molecule has 6 heteroatoms. The number of aryl methyl sites for hydroxylation is 1. The third kappa shape index (κ3) is 4.50. The fourth-order valence-corrected chi connectivity index (χ4v) is 3.47. The molecular formula is C17H25N3O3. The van der Waals surface area contributed by atoms with Crippen LogP contribution in [0.1, 0.15) is 24.8 Å². The predicted octanol–water partition coefficient (Wildman–Crippen LogP) is 0.355. The highest BCUT2D eigenvalue weighted by Gasteiger charge is 2.37. The summed E-state index contributed by atoms with van der Waals surface area (Å²) in [5.74, 6) is 0.111. The third-order valence-corrected chi connectivity index (χ3v) is 4.70. The van der Waals surface area contributed by atoms with Crippen molar-refractivity contribution in [1.29, 1.82) is 0 Å². The molecule has 3 atom stereocenters. The number of aliphatic hydroxyl groups excluding tert-OH is 1. The zero-order chi connectivity index (χ0) is 16.1. The van der Waals surface area contributed by atoms with Crippen LogP contribution < -0.4 is 5.32 Å². The highest BCUT2D eigenvalue weighted by Crippen LogP contribution is 2.24. The molecule has 2 saturated heterocycles. The van der Waals surface area contributed by atoms with Gasteiger partial charge in [-0.05, 0) is 37.0 Å². The van der Waals surface area contributed by atoms with Gasteiger partial charge in [0.15, 0.2) is 0 Å². The maximum atomic E-state index is 12.1. The van der Waals surface area contributed by atoms with Crippen molar-refractivity contribution in [2.24, 2.45) is 0 Å². The number of hydrogen-bond donors (Lipinski definition) is 2. The zero-order valence-corrected chi connectivity index (χ0v) is 13.4. The summed E-state index contributed by atoms with van der Waals surface area (Å²) in [6.07, 6.45) is 6.53. The third-order valence-electron chi connectivity index (χ3n) is 4.70. The Balaban J connectivity index is 1.42. The van der Waals surface area contributed by atoms with E-state index in [9.17, 15) is 4.79 Å². The van der Waals surface area contributed by atoms with Crippen LogP contribution in [-0.2, 0) is 16.0 Å². The van der Waals surface area contributed by atoms with Crippen molar-refractivity contribution in [1.82, 2.24) is 15.2 Å². The summed E-state index contributed by atoms with van der Waals surface area (Å²) in [5.41, 5.74) is 1.14. The van der Waals surface area contributed by atoms with E-state index in [0.717, 1.165) is 31.5 Å². The molecule has 2 N–H and O–H groups in total. The quantitative estimate of drug-likeness (QED) is 0.792. The maximum Gasteiger partial charge on any atom is 0.220 e. The van der Waals surface area contributed by atoms with Crippen LogP contribution >= 0.6 is 0 Å². The first-order valence-corrected chi connectivity index (χ1v) is 8.39. The molecule has 0 unspecified atom stereocenters. The monoisotopic (exact) mass is 319 g/mol. The van der Waals surface area contributed by atoms with Gasteiger partial charge in [0, 0.05) is 50.6 Å². The summed E-state index contributed by atoms with van der Waals surface area (Å²) in [7, 11) is 0. The molecule has 1 aromatic heterocycles. The average Bonchev–Trinajstić information content (AvgIpc) is 2.95. The van der Waals surface area contributed by atoms with Crippen molar-refractivity contribution in [3.05, 3.63) is 30.1 Å². The summed E-state index contributed by atoms with van der Waals surface area (Å²) in [4.78, 5) is 18.5. The standard InChI is InChI=1S/C17H25N3O3/c21-8-5-16-11-20-10-14(9-15(20)12-23-16)19-17(22)2-1-13-3-6-18-7-4-13/h3-4,6-7,14-16,21H,1-2,5,8-12H2,(H,19,22)/t14-,15-,16-/m0/s1. The van der Waals surface area contributed by atoms with Gasteiger partial charge in [-0.1, -0.05) is 0 Å². The van der Waals surface area contributed by atoms with Gasteiger partial charge in [0.25, 0.3) is 0 Å². The van der Waals surface area contributed by atoms with Gasteiger partial charge in [-0.3, -0.25) is 14.7 Å². The minimum atomic E-state index is 0.111. The molecule has 0 aliphatic carbocycles. The summed E-state index contributed by atoms with van der Waals surface area (Å²) >= 11 is 0. The van der Waals surface area contributed by atoms with Crippen LogP contribution in [0.3, 0.4) is 0 Å². The number of nitrogens with one attached hydrogen (secondary N) is 1. The highest BCUT2D eigenvalue weighted by atomic mass is 16.5. The SMILES string of the molecule is O=C(CCc1ccncc1)N[C@H]1C[C@H]2CO[C@@H](CCO)CN2C1. The molecule has 23 heavy (non-hydrogen) atoms. The minimum Gasteiger partial charge on any atom is -0.396 e. The van der Waals surface area contributed by atoms with E-state index >= 15 is 0 Å². The Kier molecular flexibility index (Phi) is 5.59. The first kappa shape index (κ1) is 16.4. The number of morpholine rings is 1. The van der Waals surface area contributed by atoms with Crippen LogP contribution in [0.15, 0.2) is 24.5 Å². The Morgan fingerprint density at radius 2 is 2.22 bits per heavy atom. The van der Waals surface area contributed by atoms with Crippen LogP contribution in [-0.4, -0.2) is 65.4 Å². The maximum absolute atomic E-state index is 12.1. The van der Waals surface area contributed by atoms with E-state index in [1.165, 1.54) is 0 Å². The Bertz CT molecular complexity index is 511. The fraction of sp³-hybridized carbons (Fsp3) is 0.647. The topological polar surface area (TPSA) is 74.7 Å². The minimum absolute atomic E-state index is 0.111.